The first kappa shape index (κ1) is 18.2. The Morgan fingerprint density at radius 3 is 1.50 bits per heavy atom. The monoisotopic (exact) mass is 236 g/mol. The predicted molar refractivity (Wildman–Crippen MR) is 65.1 cm³/mol. The van der Waals surface area contributed by atoms with Crippen LogP contribution in [0, 0.1) is 11.8 Å². The van der Waals surface area contributed by atoms with Crippen molar-refractivity contribution in [1.29, 1.82) is 0 Å². The molecule has 4 heteroatoms. The van der Waals surface area contributed by atoms with Crippen LogP contribution in [0.3, 0.4) is 0 Å². The molecule has 0 bridgehead atoms. The lowest BCUT2D eigenvalue weighted by molar-refractivity contribution is 0.212. The molecule has 0 aromatic heterocycles. The van der Waals surface area contributed by atoms with Crippen molar-refractivity contribution in [3.05, 3.63) is 0 Å². The number of rotatable bonds is 8. The zero-order chi connectivity index (χ0) is 12.8. The largest absolute Gasteiger partial charge is 0.396 e. The van der Waals surface area contributed by atoms with E-state index in [1.54, 1.807) is 0 Å². The first-order chi connectivity index (χ1) is 7.62. The maximum absolute atomic E-state index is 8.48. The van der Waals surface area contributed by atoms with Crippen molar-refractivity contribution in [2.75, 3.05) is 26.4 Å². The Balaban J connectivity index is 0. The fraction of sp³-hybridized carbons (Fsp3) is 1.00. The molecule has 16 heavy (non-hydrogen) atoms. The third kappa shape index (κ3) is 16.3. The fourth-order valence-corrected chi connectivity index (χ4v) is 1.12. The summed E-state index contributed by atoms with van der Waals surface area (Å²) in [5.41, 5.74) is 0. The van der Waals surface area contributed by atoms with Gasteiger partial charge < -0.3 is 20.4 Å². The maximum atomic E-state index is 8.48. The van der Waals surface area contributed by atoms with Crippen LogP contribution in [0.2, 0.25) is 0 Å². The van der Waals surface area contributed by atoms with E-state index in [-0.39, 0.29) is 26.4 Å². The second kappa shape index (κ2) is 14.8. The van der Waals surface area contributed by atoms with E-state index in [1.807, 2.05) is 13.8 Å². The SMILES string of the molecule is CC(CCO)CCO.CC(CO)CCCO. The Labute approximate surface area is 98.9 Å². The Bertz CT molecular complexity index is 114. The normalized spacial score (nSPS) is 12.2. The van der Waals surface area contributed by atoms with Gasteiger partial charge in [0.15, 0.2) is 0 Å². The van der Waals surface area contributed by atoms with Crippen LogP contribution in [-0.4, -0.2) is 46.9 Å². The van der Waals surface area contributed by atoms with Gasteiger partial charge in [0.05, 0.1) is 0 Å². The van der Waals surface area contributed by atoms with Crippen LogP contribution in [0.15, 0.2) is 0 Å². The molecule has 0 aliphatic heterocycles. The van der Waals surface area contributed by atoms with Gasteiger partial charge in [-0.2, -0.15) is 0 Å². The summed E-state index contributed by atoms with van der Waals surface area (Å²) in [5, 5.41) is 33.6. The average molecular weight is 236 g/mol. The molecule has 0 heterocycles. The van der Waals surface area contributed by atoms with Crippen LogP contribution in [0.5, 0.6) is 0 Å². The minimum absolute atomic E-state index is 0.236. The highest BCUT2D eigenvalue weighted by atomic mass is 16.3. The molecule has 100 valence electrons. The molecule has 0 amide bonds. The molecular weight excluding hydrogens is 208 g/mol. The molecule has 0 fully saturated rings. The summed E-state index contributed by atoms with van der Waals surface area (Å²) in [7, 11) is 0. The van der Waals surface area contributed by atoms with Crippen molar-refractivity contribution in [2.45, 2.75) is 39.5 Å². The second-order valence-corrected chi connectivity index (χ2v) is 4.28. The number of hydrogen-bond donors (Lipinski definition) is 4. The van der Waals surface area contributed by atoms with Gasteiger partial charge in [0.2, 0.25) is 0 Å². The highest BCUT2D eigenvalue weighted by Gasteiger charge is 1.97. The summed E-state index contributed by atoms with van der Waals surface area (Å²) in [6.45, 7) is 4.94. The first-order valence-electron chi connectivity index (χ1n) is 6.05. The highest BCUT2D eigenvalue weighted by Crippen LogP contribution is 2.04. The van der Waals surface area contributed by atoms with Crippen LogP contribution >= 0.6 is 0 Å². The smallest absolute Gasteiger partial charge is 0.0456 e. The van der Waals surface area contributed by atoms with Crippen LogP contribution < -0.4 is 0 Å². The molecule has 0 aliphatic rings. The van der Waals surface area contributed by atoms with E-state index in [9.17, 15) is 0 Å². The fourth-order valence-electron chi connectivity index (χ4n) is 1.12. The van der Waals surface area contributed by atoms with Gasteiger partial charge in [-0.05, 0) is 37.5 Å². The zero-order valence-electron chi connectivity index (χ0n) is 10.6. The molecule has 0 aliphatic carbocycles. The molecule has 4 nitrogen and oxygen atoms in total. The van der Waals surface area contributed by atoms with Crippen molar-refractivity contribution in [1.82, 2.24) is 0 Å². The number of aliphatic hydroxyl groups is 4. The van der Waals surface area contributed by atoms with Crippen molar-refractivity contribution in [2.24, 2.45) is 11.8 Å². The van der Waals surface area contributed by atoms with Crippen molar-refractivity contribution < 1.29 is 20.4 Å². The lowest BCUT2D eigenvalue weighted by Crippen LogP contribution is -2.00. The molecule has 0 rings (SSSR count). The summed E-state index contributed by atoms with van der Waals surface area (Å²) in [4.78, 5) is 0. The molecule has 1 atom stereocenters. The van der Waals surface area contributed by atoms with Crippen LogP contribution in [0.25, 0.3) is 0 Å². The van der Waals surface area contributed by atoms with E-state index >= 15 is 0 Å². The molecule has 0 saturated carbocycles. The van der Waals surface area contributed by atoms with Crippen LogP contribution in [-0.2, 0) is 0 Å². The molecular formula is C12H28O4. The van der Waals surface area contributed by atoms with Crippen LogP contribution in [0.1, 0.15) is 39.5 Å². The molecule has 4 N–H and O–H groups in total. The molecule has 0 spiro atoms. The van der Waals surface area contributed by atoms with E-state index in [4.69, 9.17) is 20.4 Å². The minimum Gasteiger partial charge on any atom is -0.396 e. The van der Waals surface area contributed by atoms with Gasteiger partial charge in [-0.1, -0.05) is 13.8 Å². The number of aliphatic hydroxyl groups excluding tert-OH is 4. The maximum Gasteiger partial charge on any atom is 0.0456 e. The van der Waals surface area contributed by atoms with Gasteiger partial charge in [0.25, 0.3) is 0 Å². The predicted octanol–water partition coefficient (Wildman–Crippen LogP) is 0.775. The quantitative estimate of drug-likeness (QED) is 0.502. The third-order valence-corrected chi connectivity index (χ3v) is 2.41. The summed E-state index contributed by atoms with van der Waals surface area (Å²) < 4.78 is 0. The minimum atomic E-state index is 0.236. The average Bonchev–Trinajstić information content (AvgIpc) is 2.27. The number of hydrogen-bond acceptors (Lipinski definition) is 4. The molecule has 0 aromatic carbocycles. The van der Waals surface area contributed by atoms with Gasteiger partial charge in [-0.25, -0.2) is 0 Å². The Morgan fingerprint density at radius 2 is 1.19 bits per heavy atom. The Hall–Kier alpha value is -0.160. The Morgan fingerprint density at radius 1 is 0.688 bits per heavy atom. The van der Waals surface area contributed by atoms with Gasteiger partial charge >= 0.3 is 0 Å². The zero-order valence-corrected chi connectivity index (χ0v) is 10.6. The van der Waals surface area contributed by atoms with Crippen molar-refractivity contribution in [3.63, 3.8) is 0 Å². The standard InChI is InChI=1S/2C6H14O2/c1-6(2-4-7)3-5-8;1-6(5-8)3-2-4-7/h2*6-8H,2-5H2,1H3. The lowest BCUT2D eigenvalue weighted by atomic mass is 10.1. The van der Waals surface area contributed by atoms with Gasteiger partial charge in [0.1, 0.15) is 0 Å². The van der Waals surface area contributed by atoms with E-state index in [0.717, 1.165) is 25.7 Å². The summed E-state index contributed by atoms with van der Waals surface area (Å²) >= 11 is 0. The molecule has 0 radical (unpaired) electrons. The first-order valence-corrected chi connectivity index (χ1v) is 6.05. The second-order valence-electron chi connectivity index (χ2n) is 4.28. The van der Waals surface area contributed by atoms with E-state index in [1.165, 1.54) is 0 Å². The highest BCUT2D eigenvalue weighted by molar-refractivity contribution is 4.49. The van der Waals surface area contributed by atoms with E-state index in [2.05, 4.69) is 0 Å². The van der Waals surface area contributed by atoms with Crippen molar-refractivity contribution in [3.8, 4) is 0 Å². The van der Waals surface area contributed by atoms with Crippen LogP contribution in [0.4, 0.5) is 0 Å². The molecule has 0 saturated heterocycles. The summed E-state index contributed by atoms with van der Waals surface area (Å²) in [5.74, 6) is 0.812. The van der Waals surface area contributed by atoms with Gasteiger partial charge in [0, 0.05) is 26.4 Å². The summed E-state index contributed by atoms with van der Waals surface area (Å²) in [6, 6.07) is 0. The van der Waals surface area contributed by atoms with Crippen molar-refractivity contribution >= 4 is 0 Å². The van der Waals surface area contributed by atoms with Gasteiger partial charge in [-0.15, -0.1) is 0 Å². The topological polar surface area (TPSA) is 80.9 Å². The lowest BCUT2D eigenvalue weighted by Gasteiger charge is -2.04. The van der Waals surface area contributed by atoms with E-state index < -0.39 is 0 Å². The third-order valence-electron chi connectivity index (χ3n) is 2.41. The molecule has 0 aromatic rings. The van der Waals surface area contributed by atoms with E-state index in [0.29, 0.717) is 11.8 Å². The Kier molecular flexibility index (Phi) is 16.9. The molecule has 1 unspecified atom stereocenters. The summed E-state index contributed by atoms with van der Waals surface area (Å²) in [6.07, 6.45) is 3.34. The van der Waals surface area contributed by atoms with Gasteiger partial charge in [-0.3, -0.25) is 0 Å².